The molecule has 138 valence electrons. The zero-order chi connectivity index (χ0) is 18.8. The van der Waals surface area contributed by atoms with Crippen LogP contribution >= 0.6 is 11.6 Å². The number of aromatic nitrogens is 3. The number of carbonyl (C=O) groups excluding carboxylic acids is 1. The van der Waals surface area contributed by atoms with Gasteiger partial charge >= 0.3 is 5.97 Å². The number of aliphatic carboxylic acids is 1. The first kappa shape index (κ1) is 18.2. The average molecular weight is 379 g/mol. The van der Waals surface area contributed by atoms with E-state index in [4.69, 9.17) is 16.3 Å². The number of aryl methyl sites for hydroxylation is 1. The van der Waals surface area contributed by atoms with Gasteiger partial charge in [-0.05, 0) is 25.5 Å². The molecule has 8 nitrogen and oxygen atoms in total. The molecule has 3 rings (SSSR count). The maximum Gasteiger partial charge on any atom is 0.328 e. The van der Waals surface area contributed by atoms with E-state index in [1.165, 1.54) is 4.90 Å². The van der Waals surface area contributed by atoms with Crippen molar-refractivity contribution in [3.8, 4) is 5.75 Å². The van der Waals surface area contributed by atoms with Gasteiger partial charge in [0.15, 0.2) is 11.9 Å². The fourth-order valence-electron chi connectivity index (χ4n) is 2.94. The predicted octanol–water partition coefficient (Wildman–Crippen LogP) is 1.89. The Hall–Kier alpha value is -2.61. The molecule has 0 fully saturated rings. The van der Waals surface area contributed by atoms with Gasteiger partial charge in [-0.15, -0.1) is 10.2 Å². The Labute approximate surface area is 155 Å². The molecule has 0 saturated heterocycles. The largest absolute Gasteiger partial charge is 0.480 e. The van der Waals surface area contributed by atoms with Crippen LogP contribution in [0, 0.1) is 6.92 Å². The molecule has 1 aliphatic rings. The number of fused-ring (bicyclic) bond motifs is 1. The van der Waals surface area contributed by atoms with Crippen molar-refractivity contribution >= 4 is 23.5 Å². The summed E-state index contributed by atoms with van der Waals surface area (Å²) in [5.74, 6) is 0.0762. The first-order valence-corrected chi connectivity index (χ1v) is 8.63. The smallest absolute Gasteiger partial charge is 0.328 e. The van der Waals surface area contributed by atoms with Crippen molar-refractivity contribution in [1.82, 2.24) is 19.7 Å². The van der Waals surface area contributed by atoms with E-state index in [2.05, 4.69) is 10.2 Å². The minimum atomic E-state index is -1.08. The van der Waals surface area contributed by atoms with Gasteiger partial charge < -0.3 is 19.3 Å². The molecular weight excluding hydrogens is 360 g/mol. The van der Waals surface area contributed by atoms with Crippen molar-refractivity contribution in [2.45, 2.75) is 45.5 Å². The topological polar surface area (TPSA) is 97.5 Å². The van der Waals surface area contributed by atoms with Crippen molar-refractivity contribution in [2.24, 2.45) is 0 Å². The van der Waals surface area contributed by atoms with E-state index in [-0.39, 0.29) is 13.1 Å². The Balaban J connectivity index is 1.86. The molecule has 2 heterocycles. The first-order chi connectivity index (χ1) is 12.4. The maximum absolute atomic E-state index is 13.0. The highest BCUT2D eigenvalue weighted by Gasteiger charge is 2.39. The van der Waals surface area contributed by atoms with Gasteiger partial charge in [-0.25, -0.2) is 4.79 Å². The molecule has 0 radical (unpaired) electrons. The number of carboxylic acids is 1. The van der Waals surface area contributed by atoms with Crippen molar-refractivity contribution in [2.75, 3.05) is 0 Å². The quantitative estimate of drug-likeness (QED) is 0.853. The number of nitrogens with zero attached hydrogens (tertiary/aromatic N) is 4. The molecule has 26 heavy (non-hydrogen) atoms. The Bertz CT molecular complexity index is 838. The summed E-state index contributed by atoms with van der Waals surface area (Å²) in [6.07, 6.45) is -0.467. The Kier molecular flexibility index (Phi) is 5.13. The van der Waals surface area contributed by atoms with E-state index >= 15 is 0 Å². The van der Waals surface area contributed by atoms with E-state index in [1.54, 1.807) is 42.7 Å². The number of hydrogen-bond acceptors (Lipinski definition) is 5. The number of carboxylic acid groups (broad SMARTS) is 1. The highest BCUT2D eigenvalue weighted by atomic mass is 35.5. The summed E-state index contributed by atoms with van der Waals surface area (Å²) < 4.78 is 7.49. The van der Waals surface area contributed by atoms with Crippen LogP contribution in [0.2, 0.25) is 5.02 Å². The third-order valence-corrected chi connectivity index (χ3v) is 4.69. The van der Waals surface area contributed by atoms with Crippen LogP contribution in [0.25, 0.3) is 0 Å². The molecule has 0 bridgehead atoms. The minimum Gasteiger partial charge on any atom is -0.480 e. The van der Waals surface area contributed by atoms with E-state index in [1.807, 2.05) is 0 Å². The number of rotatable bonds is 5. The SMILES string of the molecule is CCC(Oc1ccccc1Cl)C(=O)N1Cc2nnc(C)n2CC1C(=O)O. The fraction of sp³-hybridized carbons (Fsp3) is 0.412. The monoisotopic (exact) mass is 378 g/mol. The second kappa shape index (κ2) is 7.33. The molecule has 1 aliphatic heterocycles. The summed E-state index contributed by atoms with van der Waals surface area (Å²) in [6, 6.07) is 5.85. The zero-order valence-electron chi connectivity index (χ0n) is 14.4. The highest BCUT2D eigenvalue weighted by Crippen LogP contribution is 2.26. The van der Waals surface area contributed by atoms with Crippen LogP contribution in [-0.2, 0) is 22.7 Å². The van der Waals surface area contributed by atoms with Crippen molar-refractivity contribution in [3.05, 3.63) is 40.9 Å². The highest BCUT2D eigenvalue weighted by molar-refractivity contribution is 6.32. The molecular formula is C17H19ClN4O4. The summed E-state index contributed by atoms with van der Waals surface area (Å²) in [5.41, 5.74) is 0. The van der Waals surface area contributed by atoms with Gasteiger partial charge in [0.25, 0.3) is 5.91 Å². The lowest BCUT2D eigenvalue weighted by Gasteiger charge is -2.35. The average Bonchev–Trinajstić information content (AvgIpc) is 2.99. The van der Waals surface area contributed by atoms with Crippen LogP contribution in [0.3, 0.4) is 0 Å². The third-order valence-electron chi connectivity index (χ3n) is 4.38. The van der Waals surface area contributed by atoms with Crippen molar-refractivity contribution < 1.29 is 19.4 Å². The Morgan fingerprint density at radius 3 is 2.77 bits per heavy atom. The molecule has 9 heteroatoms. The molecule has 2 unspecified atom stereocenters. The lowest BCUT2D eigenvalue weighted by atomic mass is 10.1. The number of carbonyl (C=O) groups is 2. The van der Waals surface area contributed by atoms with Gasteiger partial charge in [0.05, 0.1) is 18.1 Å². The number of halogens is 1. The van der Waals surface area contributed by atoms with E-state index in [0.717, 1.165) is 0 Å². The first-order valence-electron chi connectivity index (χ1n) is 8.25. The molecule has 1 aromatic heterocycles. The van der Waals surface area contributed by atoms with Crippen LogP contribution in [0.15, 0.2) is 24.3 Å². The van der Waals surface area contributed by atoms with Gasteiger partial charge in [0.2, 0.25) is 0 Å². The van der Waals surface area contributed by atoms with Gasteiger partial charge in [-0.2, -0.15) is 0 Å². The molecule has 1 N–H and O–H groups in total. The van der Waals surface area contributed by atoms with Gasteiger partial charge in [0.1, 0.15) is 17.6 Å². The maximum atomic E-state index is 13.0. The van der Waals surface area contributed by atoms with Gasteiger partial charge in [-0.3, -0.25) is 4.79 Å². The van der Waals surface area contributed by atoms with Crippen molar-refractivity contribution in [1.29, 1.82) is 0 Å². The normalized spacial score (nSPS) is 17.5. The molecule has 0 spiro atoms. The molecule has 2 atom stereocenters. The number of benzene rings is 1. The number of para-hydroxylation sites is 1. The summed E-state index contributed by atoms with van der Waals surface area (Å²) in [4.78, 5) is 26.0. The molecule has 0 aliphatic carbocycles. The zero-order valence-corrected chi connectivity index (χ0v) is 15.2. The molecule has 0 saturated carbocycles. The Morgan fingerprint density at radius 2 is 2.12 bits per heavy atom. The standard InChI is InChI=1S/C17H19ClN4O4/c1-3-13(26-14-7-5-4-6-11(14)18)16(23)22-9-15-20-19-10(2)21(15)8-12(22)17(24)25/h4-7,12-13H,3,8-9H2,1-2H3,(H,24,25). The second-order valence-electron chi connectivity index (χ2n) is 6.04. The van der Waals surface area contributed by atoms with Gasteiger partial charge in [-0.1, -0.05) is 30.7 Å². The second-order valence-corrected chi connectivity index (χ2v) is 6.45. The van der Waals surface area contributed by atoms with Crippen LogP contribution in [0.5, 0.6) is 5.75 Å². The fourth-order valence-corrected chi connectivity index (χ4v) is 3.12. The predicted molar refractivity (Wildman–Crippen MR) is 92.9 cm³/mol. The molecule has 2 aromatic rings. The van der Waals surface area contributed by atoms with E-state index in [9.17, 15) is 14.7 Å². The molecule has 1 amide bonds. The summed E-state index contributed by atoms with van der Waals surface area (Å²) >= 11 is 6.10. The van der Waals surface area contributed by atoms with Gasteiger partial charge in [0, 0.05) is 0 Å². The lowest BCUT2D eigenvalue weighted by molar-refractivity contribution is -0.156. The number of amides is 1. The third kappa shape index (κ3) is 3.37. The Morgan fingerprint density at radius 1 is 1.38 bits per heavy atom. The summed E-state index contributed by atoms with van der Waals surface area (Å²) in [5, 5.41) is 18.0. The van der Waals surface area contributed by atoms with Crippen LogP contribution in [-0.4, -0.2) is 48.8 Å². The summed E-state index contributed by atoms with van der Waals surface area (Å²) in [6.45, 7) is 3.73. The van der Waals surface area contributed by atoms with Crippen LogP contribution < -0.4 is 4.74 Å². The van der Waals surface area contributed by atoms with E-state index in [0.29, 0.717) is 28.8 Å². The number of hydrogen-bond donors (Lipinski definition) is 1. The summed E-state index contributed by atoms with van der Waals surface area (Å²) in [7, 11) is 0. The minimum absolute atomic E-state index is 0.0685. The molecule has 1 aromatic carbocycles. The number of ether oxygens (including phenoxy) is 1. The van der Waals surface area contributed by atoms with Crippen LogP contribution in [0.1, 0.15) is 25.0 Å². The lowest BCUT2D eigenvalue weighted by Crippen LogP contribution is -2.54. The van der Waals surface area contributed by atoms with E-state index < -0.39 is 24.0 Å². The van der Waals surface area contributed by atoms with Crippen molar-refractivity contribution in [3.63, 3.8) is 0 Å². The van der Waals surface area contributed by atoms with Crippen LogP contribution in [0.4, 0.5) is 0 Å².